The second-order valence-corrected chi connectivity index (χ2v) is 10.4. The molecule has 2 aromatic heterocycles. The highest BCUT2D eigenvalue weighted by Crippen LogP contribution is 2.39. The highest BCUT2D eigenvalue weighted by molar-refractivity contribution is 5.64. The van der Waals surface area contributed by atoms with E-state index in [0.29, 0.717) is 11.9 Å². The smallest absolute Gasteiger partial charge is 0.368 e. The number of piperidine rings is 1. The van der Waals surface area contributed by atoms with Crippen molar-refractivity contribution in [3.8, 4) is 17.5 Å². The number of anilines is 3. The molecule has 2 fully saturated rings. The van der Waals surface area contributed by atoms with Crippen molar-refractivity contribution in [2.75, 3.05) is 30.5 Å². The Kier molecular flexibility index (Phi) is 7.17. The number of aromatic nitrogens is 6. The molecule has 5 rings (SSSR count). The zero-order valence-electron chi connectivity index (χ0n) is 22.0. The van der Waals surface area contributed by atoms with Gasteiger partial charge in [-0.1, -0.05) is 0 Å². The number of halogens is 2. The van der Waals surface area contributed by atoms with Gasteiger partial charge in [0.2, 0.25) is 5.95 Å². The summed E-state index contributed by atoms with van der Waals surface area (Å²) in [5.74, 6) is -0.427. The van der Waals surface area contributed by atoms with Crippen molar-refractivity contribution in [1.29, 1.82) is 5.26 Å². The molecule has 39 heavy (non-hydrogen) atoms. The fraction of sp³-hybridized carbons (Fsp3) is 0.520. The van der Waals surface area contributed by atoms with Crippen LogP contribution in [-0.4, -0.2) is 72.1 Å². The van der Waals surface area contributed by atoms with Gasteiger partial charge in [-0.2, -0.15) is 19.6 Å². The minimum absolute atomic E-state index is 0.0158. The number of tetrazole rings is 1. The fourth-order valence-corrected chi connectivity index (χ4v) is 5.60. The molecule has 2 saturated heterocycles. The first-order chi connectivity index (χ1) is 18.7. The van der Waals surface area contributed by atoms with E-state index in [4.69, 9.17) is 4.74 Å². The number of hydrogen-bond acceptors (Lipinski definition) is 10. The van der Waals surface area contributed by atoms with Crippen LogP contribution in [0.3, 0.4) is 0 Å². The van der Waals surface area contributed by atoms with Crippen LogP contribution in [0.2, 0.25) is 0 Å². The largest absolute Gasteiger partial charge is 0.488 e. The summed E-state index contributed by atoms with van der Waals surface area (Å²) >= 11 is 0. The topological polar surface area (TPSA) is 139 Å². The van der Waals surface area contributed by atoms with Gasteiger partial charge in [-0.3, -0.25) is 4.90 Å². The van der Waals surface area contributed by atoms with Crippen molar-refractivity contribution in [3.63, 3.8) is 0 Å². The molecule has 1 aromatic carbocycles. The number of aryl methyl sites for hydroxylation is 1. The normalized spacial score (nSPS) is 20.3. The highest BCUT2D eigenvalue weighted by atomic mass is 19.1. The molecule has 2 atom stereocenters. The number of alkyl halides is 1. The summed E-state index contributed by atoms with van der Waals surface area (Å²) in [6, 6.07) is 5.01. The third-order valence-electron chi connectivity index (χ3n) is 7.29. The lowest BCUT2D eigenvalue weighted by Gasteiger charge is -2.47. The second kappa shape index (κ2) is 10.6. The van der Waals surface area contributed by atoms with Crippen molar-refractivity contribution >= 4 is 17.5 Å². The molecule has 0 spiro atoms. The zero-order valence-corrected chi connectivity index (χ0v) is 22.0. The van der Waals surface area contributed by atoms with E-state index in [1.165, 1.54) is 25.7 Å². The first kappa shape index (κ1) is 26.5. The van der Waals surface area contributed by atoms with Crippen LogP contribution in [0.15, 0.2) is 23.1 Å². The first-order valence-corrected chi connectivity index (χ1v) is 12.8. The summed E-state index contributed by atoms with van der Waals surface area (Å²) in [5.41, 5.74) is -0.333. The molecule has 0 amide bonds. The molecule has 0 unspecified atom stereocenters. The minimum atomic E-state index is -0.803. The number of hydrogen-bond donors (Lipinski definition) is 2. The molecule has 4 heterocycles. The maximum absolute atomic E-state index is 15.1. The number of rotatable bonds is 8. The van der Waals surface area contributed by atoms with E-state index < -0.39 is 18.2 Å². The van der Waals surface area contributed by atoms with Crippen molar-refractivity contribution in [2.24, 2.45) is 7.05 Å². The molecule has 12 nitrogen and oxygen atoms in total. The van der Waals surface area contributed by atoms with Gasteiger partial charge < -0.3 is 15.4 Å². The van der Waals surface area contributed by atoms with E-state index in [0.717, 1.165) is 41.2 Å². The molecule has 2 aliphatic rings. The van der Waals surface area contributed by atoms with Crippen molar-refractivity contribution in [2.45, 2.75) is 57.2 Å². The van der Waals surface area contributed by atoms with Crippen molar-refractivity contribution in [3.05, 3.63) is 40.2 Å². The van der Waals surface area contributed by atoms with Gasteiger partial charge in [0, 0.05) is 30.7 Å². The summed E-state index contributed by atoms with van der Waals surface area (Å²) in [7, 11) is 1.41. The van der Waals surface area contributed by atoms with Gasteiger partial charge in [0.1, 0.15) is 42.2 Å². The Morgan fingerprint density at radius 3 is 2.85 bits per heavy atom. The van der Waals surface area contributed by atoms with Gasteiger partial charge in [0.25, 0.3) is 0 Å². The van der Waals surface area contributed by atoms with Crippen LogP contribution in [0.4, 0.5) is 26.2 Å². The van der Waals surface area contributed by atoms with Crippen molar-refractivity contribution in [1.82, 2.24) is 34.7 Å². The lowest BCUT2D eigenvalue weighted by atomic mass is 9.84. The lowest BCUT2D eigenvalue weighted by Crippen LogP contribution is -2.55. The van der Waals surface area contributed by atoms with Crippen LogP contribution in [0, 0.1) is 17.1 Å². The van der Waals surface area contributed by atoms with Gasteiger partial charge in [-0.05, 0) is 62.6 Å². The van der Waals surface area contributed by atoms with E-state index >= 15 is 4.39 Å². The zero-order chi connectivity index (χ0) is 27.7. The predicted octanol–water partition coefficient (Wildman–Crippen LogP) is 2.68. The van der Waals surface area contributed by atoms with E-state index in [2.05, 4.69) is 55.8 Å². The SMILES string of the molecule is Cn1nnn(-c2cc(Nc3ncc(C#N)c(N[C@@H]4C[C@H]5CCCN5C(C)(C)C4)n3)c(F)cc2OCCF)c1=O. The Labute approximate surface area is 223 Å². The predicted molar refractivity (Wildman–Crippen MR) is 139 cm³/mol. The van der Waals surface area contributed by atoms with E-state index in [9.17, 15) is 14.4 Å². The number of fused-ring (bicyclic) bond motifs is 1. The first-order valence-electron chi connectivity index (χ1n) is 12.8. The van der Waals surface area contributed by atoms with Crippen LogP contribution >= 0.6 is 0 Å². The van der Waals surface area contributed by atoms with Gasteiger partial charge in [0.15, 0.2) is 5.82 Å². The van der Waals surface area contributed by atoms with E-state index in [1.54, 1.807) is 0 Å². The van der Waals surface area contributed by atoms with Crippen LogP contribution in [0.25, 0.3) is 5.69 Å². The molecule has 0 radical (unpaired) electrons. The number of ether oxygens (including phenoxy) is 1. The third-order valence-corrected chi connectivity index (χ3v) is 7.29. The lowest BCUT2D eigenvalue weighted by molar-refractivity contribution is 0.0501. The van der Waals surface area contributed by atoms with Crippen LogP contribution in [-0.2, 0) is 7.05 Å². The van der Waals surface area contributed by atoms with E-state index in [-0.39, 0.29) is 46.8 Å². The molecule has 3 aromatic rings. The third kappa shape index (κ3) is 5.26. The maximum Gasteiger partial charge on any atom is 0.368 e. The summed E-state index contributed by atoms with van der Waals surface area (Å²) in [4.78, 5) is 23.7. The summed E-state index contributed by atoms with van der Waals surface area (Å²) in [6.07, 6.45) is 5.51. The quantitative estimate of drug-likeness (QED) is 0.438. The molecule has 0 bridgehead atoms. The molecule has 0 aliphatic carbocycles. The highest BCUT2D eigenvalue weighted by Gasteiger charge is 2.43. The minimum Gasteiger partial charge on any atom is -0.488 e. The maximum atomic E-state index is 15.1. The van der Waals surface area contributed by atoms with Gasteiger partial charge in [0.05, 0.1) is 11.9 Å². The Hall–Kier alpha value is -4.12. The average molecular weight is 541 g/mol. The Morgan fingerprint density at radius 1 is 1.31 bits per heavy atom. The summed E-state index contributed by atoms with van der Waals surface area (Å²) in [6.45, 7) is 4.43. The Morgan fingerprint density at radius 2 is 2.13 bits per heavy atom. The molecular weight excluding hydrogens is 510 g/mol. The summed E-state index contributed by atoms with van der Waals surface area (Å²) in [5, 5.41) is 23.4. The second-order valence-electron chi connectivity index (χ2n) is 10.4. The molecule has 2 N–H and O–H groups in total. The average Bonchev–Trinajstić information content (AvgIpc) is 3.51. The van der Waals surface area contributed by atoms with Gasteiger partial charge in [-0.25, -0.2) is 18.6 Å². The van der Waals surface area contributed by atoms with E-state index in [1.807, 2.05) is 0 Å². The summed E-state index contributed by atoms with van der Waals surface area (Å²) < 4.78 is 35.1. The molecular formula is C25H30F2N10O2. The molecule has 2 aliphatic heterocycles. The Bertz CT molecular complexity index is 1460. The number of nitrogens with one attached hydrogen (secondary N) is 2. The standard InChI is InChI=1S/C25H30F2N10O2/c1-25(2)12-16(9-17-5-4-7-36(17)25)30-22-15(13-28)14-29-23(32-22)31-19-11-20(37-24(38)35(3)33-34-37)21(10-18(19)27)39-8-6-26/h10-11,14,16-17H,4-9,12H2,1-3H3,(H2,29,30,31,32)/t16-,17-/m1/s1. The van der Waals surface area contributed by atoms with Gasteiger partial charge in [-0.15, -0.1) is 0 Å². The number of benzene rings is 1. The van der Waals surface area contributed by atoms with Crippen molar-refractivity contribution < 1.29 is 13.5 Å². The molecule has 206 valence electrons. The Balaban J connectivity index is 1.44. The van der Waals surface area contributed by atoms with Crippen LogP contribution in [0.5, 0.6) is 5.75 Å². The van der Waals surface area contributed by atoms with Crippen LogP contribution < -0.4 is 21.1 Å². The monoisotopic (exact) mass is 540 g/mol. The number of nitriles is 1. The number of nitrogens with zero attached hydrogens (tertiary/aromatic N) is 8. The van der Waals surface area contributed by atoms with Gasteiger partial charge >= 0.3 is 5.69 Å². The van der Waals surface area contributed by atoms with Crippen LogP contribution in [0.1, 0.15) is 45.1 Å². The molecule has 0 saturated carbocycles. The fourth-order valence-electron chi connectivity index (χ4n) is 5.60. The molecule has 14 heteroatoms.